The number of benzene rings is 1. The molecule has 110 valence electrons. The maximum atomic E-state index is 12.6. The monoisotopic (exact) mass is 304 g/mol. The topological polar surface area (TPSA) is 42.4 Å². The first-order chi connectivity index (χ1) is 10.2. The van der Waals surface area contributed by atoms with E-state index in [2.05, 4.69) is 11.9 Å². The van der Waals surface area contributed by atoms with Crippen molar-refractivity contribution in [3.05, 3.63) is 41.2 Å². The van der Waals surface area contributed by atoms with E-state index < -0.39 is 0 Å². The zero-order valence-corrected chi connectivity index (χ0v) is 12.6. The van der Waals surface area contributed by atoms with E-state index in [4.69, 9.17) is 16.3 Å². The van der Waals surface area contributed by atoms with E-state index in [-0.39, 0.29) is 12.0 Å². The molecule has 1 atom stereocenters. The van der Waals surface area contributed by atoms with Crippen molar-refractivity contribution in [1.82, 2.24) is 9.88 Å². The molecule has 1 saturated heterocycles. The van der Waals surface area contributed by atoms with Crippen LogP contribution in [0.3, 0.4) is 0 Å². The number of pyridine rings is 1. The number of halogens is 1. The molecule has 3 rings (SSSR count). The normalized spacial score (nSPS) is 19.0. The van der Waals surface area contributed by atoms with Crippen molar-refractivity contribution < 1.29 is 9.53 Å². The van der Waals surface area contributed by atoms with Gasteiger partial charge in [-0.15, -0.1) is 0 Å². The smallest absolute Gasteiger partial charge is 0.272 e. The Hall–Kier alpha value is -1.65. The van der Waals surface area contributed by atoms with E-state index >= 15 is 0 Å². The van der Waals surface area contributed by atoms with Crippen LogP contribution < -0.4 is 0 Å². The summed E-state index contributed by atoms with van der Waals surface area (Å²) in [5.74, 6) is -0.0793. The van der Waals surface area contributed by atoms with Gasteiger partial charge in [-0.2, -0.15) is 0 Å². The lowest BCUT2D eigenvalue weighted by Gasteiger charge is -2.32. The Morgan fingerprint density at radius 2 is 2.29 bits per heavy atom. The molecule has 0 radical (unpaired) electrons. The SMILES string of the molecule is CCC1CN(C(=O)c2cc3ccccc3c(Cl)n2)CCO1. The number of nitrogens with zero attached hydrogens (tertiary/aromatic N) is 2. The number of ether oxygens (including phenoxy) is 1. The van der Waals surface area contributed by atoms with Gasteiger partial charge in [-0.3, -0.25) is 4.79 Å². The van der Waals surface area contributed by atoms with Crippen molar-refractivity contribution in [2.24, 2.45) is 0 Å². The number of aromatic nitrogens is 1. The Bertz CT molecular complexity index is 674. The molecule has 1 fully saturated rings. The molecule has 21 heavy (non-hydrogen) atoms. The first-order valence-corrected chi connectivity index (χ1v) is 7.53. The van der Waals surface area contributed by atoms with Gasteiger partial charge in [-0.25, -0.2) is 4.98 Å². The van der Waals surface area contributed by atoms with E-state index in [0.717, 1.165) is 17.2 Å². The second-order valence-corrected chi connectivity index (χ2v) is 5.53. The molecule has 0 saturated carbocycles. The van der Waals surface area contributed by atoms with Crippen LogP contribution in [0, 0.1) is 0 Å². The van der Waals surface area contributed by atoms with Gasteiger partial charge in [0.2, 0.25) is 0 Å². The molecule has 0 spiro atoms. The summed E-state index contributed by atoms with van der Waals surface area (Å²) >= 11 is 6.19. The molecule has 1 amide bonds. The van der Waals surface area contributed by atoms with Gasteiger partial charge in [-0.05, 0) is 17.9 Å². The second-order valence-electron chi connectivity index (χ2n) is 5.17. The van der Waals surface area contributed by atoms with Crippen molar-refractivity contribution in [1.29, 1.82) is 0 Å². The molecule has 5 heteroatoms. The quantitative estimate of drug-likeness (QED) is 0.801. The summed E-state index contributed by atoms with van der Waals surface area (Å²) in [6.45, 7) is 3.85. The van der Waals surface area contributed by atoms with Crippen LogP contribution in [0.15, 0.2) is 30.3 Å². The highest BCUT2D eigenvalue weighted by molar-refractivity contribution is 6.34. The van der Waals surface area contributed by atoms with Crippen molar-refractivity contribution in [2.75, 3.05) is 19.7 Å². The minimum absolute atomic E-state index is 0.0793. The van der Waals surface area contributed by atoms with Gasteiger partial charge in [0, 0.05) is 18.5 Å². The van der Waals surface area contributed by atoms with Gasteiger partial charge >= 0.3 is 0 Å². The minimum atomic E-state index is -0.0793. The fraction of sp³-hybridized carbons (Fsp3) is 0.375. The Morgan fingerprint density at radius 1 is 1.48 bits per heavy atom. The Kier molecular flexibility index (Phi) is 4.08. The van der Waals surface area contributed by atoms with Crippen LogP contribution in [0.4, 0.5) is 0 Å². The van der Waals surface area contributed by atoms with Crippen LogP contribution >= 0.6 is 11.6 Å². The molecule has 0 aliphatic carbocycles. The standard InChI is InChI=1S/C16H17ClN2O2/c1-2-12-10-19(7-8-21-12)16(20)14-9-11-5-3-4-6-13(11)15(17)18-14/h3-6,9,12H,2,7-8,10H2,1H3. The molecule has 2 heterocycles. The number of hydrogen-bond acceptors (Lipinski definition) is 3. The lowest BCUT2D eigenvalue weighted by Crippen LogP contribution is -2.45. The molecule has 1 aliphatic heterocycles. The molecule has 1 aromatic carbocycles. The van der Waals surface area contributed by atoms with Crippen LogP contribution in [-0.4, -0.2) is 41.6 Å². The number of rotatable bonds is 2. The number of carbonyl (C=O) groups excluding carboxylic acids is 1. The van der Waals surface area contributed by atoms with Crippen molar-refractivity contribution in [2.45, 2.75) is 19.4 Å². The van der Waals surface area contributed by atoms with Crippen LogP contribution in [0.2, 0.25) is 5.15 Å². The van der Waals surface area contributed by atoms with E-state index in [9.17, 15) is 4.79 Å². The maximum Gasteiger partial charge on any atom is 0.272 e. The fourth-order valence-electron chi connectivity index (χ4n) is 2.58. The van der Waals surface area contributed by atoms with E-state index in [1.54, 1.807) is 11.0 Å². The Labute approximate surface area is 128 Å². The summed E-state index contributed by atoms with van der Waals surface area (Å²) in [6, 6.07) is 9.48. The lowest BCUT2D eigenvalue weighted by molar-refractivity contribution is -0.0228. The minimum Gasteiger partial charge on any atom is -0.375 e. The molecule has 0 bridgehead atoms. The second kappa shape index (κ2) is 6.00. The predicted octanol–water partition coefficient (Wildman–Crippen LogP) is 3.14. The van der Waals surface area contributed by atoms with Crippen LogP contribution in [0.1, 0.15) is 23.8 Å². The summed E-state index contributed by atoms with van der Waals surface area (Å²) < 4.78 is 5.60. The predicted molar refractivity (Wildman–Crippen MR) is 82.7 cm³/mol. The summed E-state index contributed by atoms with van der Waals surface area (Å²) in [4.78, 5) is 18.7. The molecule has 1 aromatic heterocycles. The van der Waals surface area contributed by atoms with Gasteiger partial charge < -0.3 is 9.64 Å². The van der Waals surface area contributed by atoms with Crippen LogP contribution in [0.5, 0.6) is 0 Å². The Morgan fingerprint density at radius 3 is 3.10 bits per heavy atom. The van der Waals surface area contributed by atoms with Crippen LogP contribution in [0.25, 0.3) is 10.8 Å². The van der Waals surface area contributed by atoms with Crippen LogP contribution in [-0.2, 0) is 4.74 Å². The number of hydrogen-bond donors (Lipinski definition) is 0. The zero-order chi connectivity index (χ0) is 14.8. The first-order valence-electron chi connectivity index (χ1n) is 7.15. The maximum absolute atomic E-state index is 12.6. The summed E-state index contributed by atoms with van der Waals surface area (Å²) in [7, 11) is 0. The number of fused-ring (bicyclic) bond motifs is 1. The van der Waals surface area contributed by atoms with Gasteiger partial charge in [-0.1, -0.05) is 42.8 Å². The number of carbonyl (C=O) groups is 1. The molecule has 4 nitrogen and oxygen atoms in total. The molecular formula is C16H17ClN2O2. The summed E-state index contributed by atoms with van der Waals surface area (Å²) in [5.41, 5.74) is 0.399. The molecule has 2 aromatic rings. The van der Waals surface area contributed by atoms with Gasteiger partial charge in [0.1, 0.15) is 10.8 Å². The highest BCUT2D eigenvalue weighted by atomic mass is 35.5. The third-order valence-electron chi connectivity index (χ3n) is 3.79. The average molecular weight is 305 g/mol. The lowest BCUT2D eigenvalue weighted by atomic mass is 10.1. The van der Waals surface area contributed by atoms with Crippen molar-refractivity contribution >= 4 is 28.3 Å². The van der Waals surface area contributed by atoms with Gasteiger partial charge in [0.05, 0.1) is 12.7 Å². The fourth-order valence-corrected chi connectivity index (χ4v) is 2.84. The third-order valence-corrected chi connectivity index (χ3v) is 4.08. The molecular weight excluding hydrogens is 288 g/mol. The largest absolute Gasteiger partial charge is 0.375 e. The Balaban J connectivity index is 1.91. The number of amides is 1. The molecule has 1 unspecified atom stereocenters. The average Bonchev–Trinajstić information content (AvgIpc) is 2.54. The summed E-state index contributed by atoms with van der Waals surface area (Å²) in [5, 5.41) is 2.17. The highest BCUT2D eigenvalue weighted by Gasteiger charge is 2.25. The van der Waals surface area contributed by atoms with E-state index in [1.807, 2.05) is 24.3 Å². The highest BCUT2D eigenvalue weighted by Crippen LogP contribution is 2.23. The van der Waals surface area contributed by atoms with Gasteiger partial charge in [0.15, 0.2) is 0 Å². The van der Waals surface area contributed by atoms with Crippen molar-refractivity contribution in [3.63, 3.8) is 0 Å². The zero-order valence-electron chi connectivity index (χ0n) is 11.9. The van der Waals surface area contributed by atoms with E-state index in [1.165, 1.54) is 0 Å². The van der Waals surface area contributed by atoms with Crippen molar-refractivity contribution in [3.8, 4) is 0 Å². The third kappa shape index (κ3) is 2.87. The molecule has 0 N–H and O–H groups in total. The molecule has 1 aliphatic rings. The van der Waals surface area contributed by atoms with Gasteiger partial charge in [0.25, 0.3) is 5.91 Å². The summed E-state index contributed by atoms with van der Waals surface area (Å²) in [6.07, 6.45) is 1.01. The number of morpholine rings is 1. The van der Waals surface area contributed by atoms with E-state index in [0.29, 0.717) is 30.5 Å². The first kappa shape index (κ1) is 14.3.